The lowest BCUT2D eigenvalue weighted by Gasteiger charge is -2.37. The second-order valence-electron chi connectivity index (χ2n) is 5.87. The normalized spacial score (nSPS) is 19.3. The molecule has 0 heterocycles. The lowest BCUT2D eigenvalue weighted by molar-refractivity contribution is -0.142. The first kappa shape index (κ1) is 17.0. The molecule has 1 rings (SSSR count). The fourth-order valence-electron chi connectivity index (χ4n) is 2.96. The zero-order valence-electron chi connectivity index (χ0n) is 12.7. The summed E-state index contributed by atoms with van der Waals surface area (Å²) in [6.07, 6.45) is 8.09. The van der Waals surface area contributed by atoms with Crippen LogP contribution in [-0.4, -0.2) is 35.6 Å². The number of aliphatic carboxylic acids is 1. The van der Waals surface area contributed by atoms with Gasteiger partial charge >= 0.3 is 5.97 Å². The Balaban J connectivity index is 2.53. The van der Waals surface area contributed by atoms with Crippen molar-refractivity contribution in [3.05, 3.63) is 0 Å². The minimum absolute atomic E-state index is 0.143. The molecule has 0 saturated heterocycles. The van der Waals surface area contributed by atoms with E-state index in [1.54, 1.807) is 0 Å². The smallest absolute Gasteiger partial charge is 0.326 e. The lowest BCUT2D eigenvalue weighted by Crippen LogP contribution is -2.50. The molecule has 5 heteroatoms. The van der Waals surface area contributed by atoms with Crippen molar-refractivity contribution in [2.24, 2.45) is 0 Å². The van der Waals surface area contributed by atoms with Crippen LogP contribution in [0.2, 0.25) is 0 Å². The van der Waals surface area contributed by atoms with E-state index in [0.717, 1.165) is 38.5 Å². The van der Waals surface area contributed by atoms with Crippen molar-refractivity contribution in [1.82, 2.24) is 10.6 Å². The minimum Gasteiger partial charge on any atom is -0.480 e. The van der Waals surface area contributed by atoms with E-state index in [1.807, 2.05) is 14.0 Å². The monoisotopic (exact) mass is 284 g/mol. The maximum absolute atomic E-state index is 12.1. The van der Waals surface area contributed by atoms with Crippen molar-refractivity contribution in [3.8, 4) is 0 Å². The van der Waals surface area contributed by atoms with Gasteiger partial charge in [0.05, 0.1) is 0 Å². The highest BCUT2D eigenvalue weighted by Gasteiger charge is 2.33. The predicted octanol–water partition coefficient (Wildman–Crippen LogP) is 2.06. The van der Waals surface area contributed by atoms with Gasteiger partial charge in [-0.3, -0.25) is 4.79 Å². The summed E-state index contributed by atoms with van der Waals surface area (Å²) in [6.45, 7) is 2.01. The van der Waals surface area contributed by atoms with Gasteiger partial charge < -0.3 is 15.7 Å². The van der Waals surface area contributed by atoms with Crippen molar-refractivity contribution in [1.29, 1.82) is 0 Å². The number of carbonyl (C=O) groups excluding carboxylic acids is 1. The Kier molecular flexibility index (Phi) is 6.99. The lowest BCUT2D eigenvalue weighted by atomic mass is 9.79. The molecule has 116 valence electrons. The maximum Gasteiger partial charge on any atom is 0.326 e. The third-order valence-electron chi connectivity index (χ3n) is 4.32. The standard InChI is InChI=1S/C15H28N2O3/c1-3-4-8-12(14(19)20)17-13(18)11-15(16-2)9-6-5-7-10-15/h12,16H,3-11H2,1-2H3,(H,17,18)(H,19,20)/t12-/m0/s1. The molecule has 1 amide bonds. The molecular formula is C15H28N2O3. The second kappa shape index (κ2) is 8.25. The van der Waals surface area contributed by atoms with Gasteiger partial charge in [-0.2, -0.15) is 0 Å². The van der Waals surface area contributed by atoms with Gasteiger partial charge in [-0.05, 0) is 26.3 Å². The van der Waals surface area contributed by atoms with Crippen LogP contribution < -0.4 is 10.6 Å². The Morgan fingerprint density at radius 1 is 1.25 bits per heavy atom. The SMILES string of the molecule is CCCC[C@H](NC(=O)CC1(NC)CCCCC1)C(=O)O. The van der Waals surface area contributed by atoms with Crippen LogP contribution in [0.1, 0.15) is 64.7 Å². The van der Waals surface area contributed by atoms with Gasteiger partial charge in [-0.25, -0.2) is 4.79 Å². The van der Waals surface area contributed by atoms with Gasteiger partial charge in [0.1, 0.15) is 6.04 Å². The quantitative estimate of drug-likeness (QED) is 0.637. The Labute approximate surface area is 121 Å². The molecule has 0 unspecified atom stereocenters. The van der Waals surface area contributed by atoms with Crippen molar-refractivity contribution in [2.75, 3.05) is 7.05 Å². The van der Waals surface area contributed by atoms with E-state index in [2.05, 4.69) is 10.6 Å². The third kappa shape index (κ3) is 5.12. The van der Waals surface area contributed by atoms with Crippen molar-refractivity contribution in [2.45, 2.75) is 76.3 Å². The van der Waals surface area contributed by atoms with E-state index < -0.39 is 12.0 Å². The van der Waals surface area contributed by atoms with Crippen LogP contribution in [0.4, 0.5) is 0 Å². The Hall–Kier alpha value is -1.10. The number of carboxylic acid groups (broad SMARTS) is 1. The topological polar surface area (TPSA) is 78.4 Å². The molecule has 0 radical (unpaired) electrons. The summed E-state index contributed by atoms with van der Waals surface area (Å²) in [6, 6.07) is -0.750. The number of hydrogen-bond acceptors (Lipinski definition) is 3. The van der Waals surface area contributed by atoms with Crippen LogP contribution >= 0.6 is 0 Å². The average Bonchev–Trinajstić information content (AvgIpc) is 2.44. The molecule has 0 spiro atoms. The molecule has 1 saturated carbocycles. The summed E-state index contributed by atoms with van der Waals surface area (Å²) in [5.41, 5.74) is -0.143. The van der Waals surface area contributed by atoms with Crippen LogP contribution in [0.5, 0.6) is 0 Å². The van der Waals surface area contributed by atoms with Crippen molar-refractivity contribution >= 4 is 11.9 Å². The Morgan fingerprint density at radius 3 is 2.40 bits per heavy atom. The van der Waals surface area contributed by atoms with Crippen molar-refractivity contribution < 1.29 is 14.7 Å². The minimum atomic E-state index is -0.936. The summed E-state index contributed by atoms with van der Waals surface area (Å²) in [5, 5.41) is 15.1. The maximum atomic E-state index is 12.1. The van der Waals surface area contributed by atoms with Crippen molar-refractivity contribution in [3.63, 3.8) is 0 Å². The number of nitrogens with one attached hydrogen (secondary N) is 2. The number of carbonyl (C=O) groups is 2. The largest absolute Gasteiger partial charge is 0.480 e. The van der Waals surface area contributed by atoms with E-state index >= 15 is 0 Å². The molecule has 0 bridgehead atoms. The summed E-state index contributed by atoms with van der Waals surface area (Å²) in [5.74, 6) is -1.08. The molecule has 3 N–H and O–H groups in total. The van der Waals surface area contributed by atoms with Gasteiger partial charge in [0.15, 0.2) is 0 Å². The first-order valence-corrected chi connectivity index (χ1v) is 7.74. The molecule has 5 nitrogen and oxygen atoms in total. The summed E-state index contributed by atoms with van der Waals surface area (Å²) < 4.78 is 0. The predicted molar refractivity (Wildman–Crippen MR) is 78.6 cm³/mol. The summed E-state index contributed by atoms with van der Waals surface area (Å²) in [4.78, 5) is 23.3. The molecular weight excluding hydrogens is 256 g/mol. The Morgan fingerprint density at radius 2 is 1.90 bits per heavy atom. The van der Waals surface area contributed by atoms with Gasteiger partial charge in [-0.15, -0.1) is 0 Å². The number of carboxylic acids is 1. The van der Waals surface area contributed by atoms with Crippen LogP contribution in [0.15, 0.2) is 0 Å². The molecule has 0 aromatic rings. The number of amides is 1. The van der Waals surface area contributed by atoms with Crippen LogP contribution in [0.3, 0.4) is 0 Å². The molecule has 1 atom stereocenters. The zero-order chi connectivity index (χ0) is 15.0. The molecule has 0 aliphatic heterocycles. The van der Waals surface area contributed by atoms with Gasteiger partial charge in [0, 0.05) is 12.0 Å². The highest BCUT2D eigenvalue weighted by Crippen LogP contribution is 2.30. The Bertz CT molecular complexity index is 325. The zero-order valence-corrected chi connectivity index (χ0v) is 12.7. The molecule has 20 heavy (non-hydrogen) atoms. The fraction of sp³-hybridized carbons (Fsp3) is 0.867. The van der Waals surface area contributed by atoms with E-state index in [0.29, 0.717) is 12.8 Å². The highest BCUT2D eigenvalue weighted by atomic mass is 16.4. The van der Waals surface area contributed by atoms with E-state index in [9.17, 15) is 9.59 Å². The number of unbranched alkanes of at least 4 members (excludes halogenated alkanes) is 1. The molecule has 1 fully saturated rings. The van der Waals surface area contributed by atoms with Crippen LogP contribution in [0, 0.1) is 0 Å². The van der Waals surface area contributed by atoms with Crippen LogP contribution in [-0.2, 0) is 9.59 Å². The molecule has 1 aliphatic rings. The first-order chi connectivity index (χ1) is 9.53. The second-order valence-corrected chi connectivity index (χ2v) is 5.87. The van der Waals surface area contributed by atoms with Crippen LogP contribution in [0.25, 0.3) is 0 Å². The first-order valence-electron chi connectivity index (χ1n) is 7.74. The van der Waals surface area contributed by atoms with Gasteiger partial charge in [0.2, 0.25) is 5.91 Å². The molecule has 0 aromatic carbocycles. The van der Waals surface area contributed by atoms with E-state index in [1.165, 1.54) is 6.42 Å². The summed E-state index contributed by atoms with van der Waals surface area (Å²) in [7, 11) is 1.89. The van der Waals surface area contributed by atoms with Gasteiger partial charge in [0.25, 0.3) is 0 Å². The molecule has 0 aromatic heterocycles. The summed E-state index contributed by atoms with van der Waals surface area (Å²) >= 11 is 0. The average molecular weight is 284 g/mol. The highest BCUT2D eigenvalue weighted by molar-refractivity contribution is 5.84. The molecule has 1 aliphatic carbocycles. The third-order valence-corrected chi connectivity index (χ3v) is 4.32. The van der Waals surface area contributed by atoms with Gasteiger partial charge in [-0.1, -0.05) is 39.0 Å². The number of hydrogen-bond donors (Lipinski definition) is 3. The number of rotatable bonds is 8. The van der Waals surface area contributed by atoms with E-state index in [-0.39, 0.29) is 11.4 Å². The van der Waals surface area contributed by atoms with E-state index in [4.69, 9.17) is 5.11 Å². The fourth-order valence-corrected chi connectivity index (χ4v) is 2.96.